The van der Waals surface area contributed by atoms with Gasteiger partial charge in [-0.1, -0.05) is 13.8 Å². The molecule has 1 heterocycles. The molecule has 19 heavy (non-hydrogen) atoms. The van der Waals surface area contributed by atoms with E-state index < -0.39 is 5.60 Å². The van der Waals surface area contributed by atoms with Crippen molar-refractivity contribution in [2.24, 2.45) is 5.92 Å². The van der Waals surface area contributed by atoms with E-state index in [0.717, 1.165) is 6.42 Å². The average Bonchev–Trinajstić information content (AvgIpc) is 2.68. The number of cyclic esters (lactones) is 1. The van der Waals surface area contributed by atoms with Crippen molar-refractivity contribution in [1.29, 1.82) is 0 Å². The quantitative estimate of drug-likeness (QED) is 0.422. The summed E-state index contributed by atoms with van der Waals surface area (Å²) < 4.78 is 5.30. The number of ether oxygens (including phenoxy) is 1. The summed E-state index contributed by atoms with van der Waals surface area (Å²) in [5.74, 6) is 0.190. The van der Waals surface area contributed by atoms with E-state index in [1.54, 1.807) is 0 Å². The van der Waals surface area contributed by atoms with Crippen LogP contribution in [0.4, 0.5) is 0 Å². The van der Waals surface area contributed by atoms with Gasteiger partial charge >= 0.3 is 5.97 Å². The predicted molar refractivity (Wildman–Crippen MR) is 71.1 cm³/mol. The highest BCUT2D eigenvalue weighted by atomic mass is 16.7. The summed E-state index contributed by atoms with van der Waals surface area (Å²) in [4.78, 5) is 28.2. The van der Waals surface area contributed by atoms with E-state index >= 15 is 0 Å². The van der Waals surface area contributed by atoms with Crippen LogP contribution in [0.15, 0.2) is 0 Å². The maximum atomic E-state index is 11.3. The van der Waals surface area contributed by atoms with E-state index in [1.165, 1.54) is 5.06 Å². The highest BCUT2D eigenvalue weighted by Crippen LogP contribution is 2.26. The van der Waals surface area contributed by atoms with Gasteiger partial charge in [-0.2, -0.15) is 0 Å². The molecule has 5 heteroatoms. The maximum absolute atomic E-state index is 11.3. The van der Waals surface area contributed by atoms with Crippen molar-refractivity contribution in [3.63, 3.8) is 0 Å². The fraction of sp³-hybridized carbons (Fsp3) is 0.857. The lowest BCUT2D eigenvalue weighted by molar-refractivity contribution is -0.244. The van der Waals surface area contributed by atoms with Gasteiger partial charge < -0.3 is 4.74 Å². The number of hydrogen-bond donors (Lipinski definition) is 0. The lowest BCUT2D eigenvalue weighted by Gasteiger charge is -2.36. The first-order chi connectivity index (χ1) is 8.73. The van der Waals surface area contributed by atoms with Crippen molar-refractivity contribution >= 4 is 12.4 Å². The third-order valence-corrected chi connectivity index (χ3v) is 2.87. The van der Waals surface area contributed by atoms with Crippen LogP contribution in [0, 0.1) is 5.92 Å². The van der Waals surface area contributed by atoms with Crippen molar-refractivity contribution in [3.05, 3.63) is 0 Å². The zero-order valence-corrected chi connectivity index (χ0v) is 12.5. The van der Waals surface area contributed by atoms with Gasteiger partial charge in [0.25, 0.3) is 0 Å². The Morgan fingerprint density at radius 2 is 2.11 bits per heavy atom. The molecular formula is C14H25NO4. The molecule has 0 aromatic rings. The lowest BCUT2D eigenvalue weighted by Crippen LogP contribution is -2.47. The average molecular weight is 271 g/mol. The summed E-state index contributed by atoms with van der Waals surface area (Å²) >= 11 is 0. The largest absolute Gasteiger partial charge is 0.460 e. The number of rotatable bonds is 6. The molecular weight excluding hydrogens is 246 g/mol. The van der Waals surface area contributed by atoms with Crippen molar-refractivity contribution < 1.29 is 19.2 Å². The Labute approximate surface area is 115 Å². The van der Waals surface area contributed by atoms with Crippen molar-refractivity contribution in [3.8, 4) is 0 Å². The number of esters is 1. The second kappa shape index (κ2) is 6.37. The summed E-state index contributed by atoms with van der Waals surface area (Å²) in [6, 6.07) is -0.219. The lowest BCUT2D eigenvalue weighted by atomic mass is 9.97. The van der Waals surface area contributed by atoms with E-state index in [4.69, 9.17) is 9.57 Å². The fourth-order valence-corrected chi connectivity index (χ4v) is 2.20. The first kappa shape index (κ1) is 16.0. The number of amides is 1. The summed E-state index contributed by atoms with van der Waals surface area (Å²) in [6.07, 6.45) is 2.23. The van der Waals surface area contributed by atoms with Gasteiger partial charge in [0.15, 0.2) is 0 Å². The molecule has 0 aliphatic carbocycles. The molecule has 0 N–H and O–H groups in total. The third kappa shape index (κ3) is 5.19. The number of nitrogens with zero attached hydrogens (tertiary/aromatic N) is 1. The summed E-state index contributed by atoms with van der Waals surface area (Å²) in [7, 11) is 0. The fourth-order valence-electron chi connectivity index (χ4n) is 2.20. The van der Waals surface area contributed by atoms with Gasteiger partial charge in [0.1, 0.15) is 6.10 Å². The summed E-state index contributed by atoms with van der Waals surface area (Å²) in [5.41, 5.74) is -0.460. The highest BCUT2D eigenvalue weighted by Gasteiger charge is 2.37. The first-order valence-corrected chi connectivity index (χ1v) is 6.85. The van der Waals surface area contributed by atoms with E-state index in [-0.39, 0.29) is 18.1 Å². The molecule has 0 radical (unpaired) electrons. The molecule has 1 rings (SSSR count). The standard InChI is InChI=1S/C14H25NO4/c1-10(2)8-11(12-6-7-13(17)18-12)15(9-16)19-14(3,4)5/h9-12H,6-8H2,1-5H3/t11-,12-/m0/s1. The maximum Gasteiger partial charge on any atom is 0.306 e. The molecule has 5 nitrogen and oxygen atoms in total. The van der Waals surface area contributed by atoms with Crippen molar-refractivity contribution in [2.45, 2.75) is 71.6 Å². The molecule has 0 aromatic carbocycles. The number of hydrogen-bond acceptors (Lipinski definition) is 4. The number of carbonyl (C=O) groups is 2. The zero-order valence-electron chi connectivity index (χ0n) is 12.5. The van der Waals surface area contributed by atoms with Crippen LogP contribution in [-0.4, -0.2) is 35.2 Å². The van der Waals surface area contributed by atoms with Gasteiger partial charge in [-0.3, -0.25) is 14.4 Å². The van der Waals surface area contributed by atoms with Crippen LogP contribution in [-0.2, 0) is 19.2 Å². The Balaban J connectivity index is 2.81. The van der Waals surface area contributed by atoms with E-state index in [0.29, 0.717) is 25.2 Å². The molecule has 1 aliphatic heterocycles. The van der Waals surface area contributed by atoms with Crippen LogP contribution in [0.3, 0.4) is 0 Å². The molecule has 0 bridgehead atoms. The third-order valence-electron chi connectivity index (χ3n) is 2.87. The van der Waals surface area contributed by atoms with Crippen LogP contribution in [0.5, 0.6) is 0 Å². The minimum Gasteiger partial charge on any atom is -0.460 e. The predicted octanol–water partition coefficient (Wildman–Crippen LogP) is 2.30. The molecule has 0 saturated carbocycles. The normalized spacial score (nSPS) is 21.4. The summed E-state index contributed by atoms with van der Waals surface area (Å²) in [6.45, 7) is 9.80. The van der Waals surface area contributed by atoms with Gasteiger partial charge in [0.2, 0.25) is 6.41 Å². The second-order valence-corrected chi connectivity index (χ2v) is 6.43. The van der Waals surface area contributed by atoms with Crippen LogP contribution in [0.25, 0.3) is 0 Å². The van der Waals surface area contributed by atoms with Crippen LogP contribution in [0.2, 0.25) is 0 Å². The molecule has 1 fully saturated rings. The van der Waals surface area contributed by atoms with Gasteiger partial charge in [0.05, 0.1) is 11.6 Å². The Hall–Kier alpha value is -1.10. The minimum atomic E-state index is -0.460. The molecule has 1 amide bonds. The van der Waals surface area contributed by atoms with Crippen LogP contribution < -0.4 is 0 Å². The Morgan fingerprint density at radius 3 is 2.47 bits per heavy atom. The Bertz CT molecular complexity index is 322. The SMILES string of the molecule is CC(C)C[C@@H]([C@@H]1CCC(=O)O1)N(C=O)OC(C)(C)C. The minimum absolute atomic E-state index is 0.194. The van der Waals surface area contributed by atoms with Gasteiger partial charge in [0, 0.05) is 6.42 Å². The topological polar surface area (TPSA) is 55.8 Å². The van der Waals surface area contributed by atoms with Gasteiger partial charge in [-0.25, -0.2) is 5.06 Å². The highest BCUT2D eigenvalue weighted by molar-refractivity contribution is 5.71. The first-order valence-electron chi connectivity index (χ1n) is 6.85. The molecule has 0 unspecified atom stereocenters. The van der Waals surface area contributed by atoms with Gasteiger partial charge in [-0.15, -0.1) is 0 Å². The van der Waals surface area contributed by atoms with E-state index in [2.05, 4.69) is 13.8 Å². The van der Waals surface area contributed by atoms with Crippen molar-refractivity contribution in [1.82, 2.24) is 5.06 Å². The number of hydroxylamine groups is 2. The second-order valence-electron chi connectivity index (χ2n) is 6.43. The van der Waals surface area contributed by atoms with E-state index in [1.807, 2.05) is 20.8 Å². The summed E-state index contributed by atoms with van der Waals surface area (Å²) in [5, 5.41) is 1.32. The van der Waals surface area contributed by atoms with Crippen molar-refractivity contribution in [2.75, 3.05) is 0 Å². The molecule has 2 atom stereocenters. The molecule has 0 spiro atoms. The van der Waals surface area contributed by atoms with Crippen LogP contribution in [0.1, 0.15) is 53.9 Å². The van der Waals surface area contributed by atoms with Crippen LogP contribution >= 0.6 is 0 Å². The smallest absolute Gasteiger partial charge is 0.306 e. The van der Waals surface area contributed by atoms with Gasteiger partial charge in [-0.05, 0) is 39.5 Å². The molecule has 1 aliphatic rings. The number of carbonyl (C=O) groups excluding carboxylic acids is 2. The Kier molecular flexibility index (Phi) is 5.35. The molecule has 1 saturated heterocycles. The molecule has 0 aromatic heterocycles. The Morgan fingerprint density at radius 1 is 1.47 bits per heavy atom. The monoisotopic (exact) mass is 271 g/mol. The van der Waals surface area contributed by atoms with E-state index in [9.17, 15) is 9.59 Å². The zero-order chi connectivity index (χ0) is 14.6. The molecule has 110 valence electrons.